The van der Waals surface area contributed by atoms with Crippen molar-refractivity contribution in [3.63, 3.8) is 0 Å². The first kappa shape index (κ1) is 23.5. The van der Waals surface area contributed by atoms with Gasteiger partial charge in [0.25, 0.3) is 10.2 Å². The number of thioether (sulfide) groups is 1. The van der Waals surface area contributed by atoms with Crippen molar-refractivity contribution in [2.75, 3.05) is 45.5 Å². The summed E-state index contributed by atoms with van der Waals surface area (Å²) in [6, 6.07) is 7.83. The third-order valence-corrected chi connectivity index (χ3v) is 8.45. The Balaban J connectivity index is 1.41. The molecule has 4 rings (SSSR count). The lowest BCUT2D eigenvalue weighted by atomic mass is 10.3. The molecule has 32 heavy (non-hydrogen) atoms. The summed E-state index contributed by atoms with van der Waals surface area (Å²) in [5, 5.41) is 0. The van der Waals surface area contributed by atoms with Crippen LogP contribution in [0, 0.1) is 0 Å². The van der Waals surface area contributed by atoms with Gasteiger partial charge in [0.1, 0.15) is 12.4 Å². The Kier molecular flexibility index (Phi) is 7.11. The van der Waals surface area contributed by atoms with Crippen LogP contribution in [0.4, 0.5) is 0 Å². The van der Waals surface area contributed by atoms with Crippen LogP contribution in [-0.4, -0.2) is 95.1 Å². The summed E-state index contributed by atoms with van der Waals surface area (Å²) in [4.78, 5) is 19.5. The summed E-state index contributed by atoms with van der Waals surface area (Å²) < 4.78 is 36.9. The first-order chi connectivity index (χ1) is 15.3. The normalized spacial score (nSPS) is 23.7. The van der Waals surface area contributed by atoms with Crippen molar-refractivity contribution in [2.45, 2.75) is 38.4 Å². The number of carbonyl (C=O) groups is 1. The zero-order valence-corrected chi connectivity index (χ0v) is 20.4. The maximum absolute atomic E-state index is 13.1. The fourth-order valence-corrected chi connectivity index (χ4v) is 6.65. The lowest BCUT2D eigenvalue weighted by Gasteiger charge is -2.40. The summed E-state index contributed by atoms with van der Waals surface area (Å²) in [5.41, 5.74) is 1.83. The van der Waals surface area contributed by atoms with Crippen LogP contribution in [0.3, 0.4) is 0 Å². The van der Waals surface area contributed by atoms with E-state index in [1.165, 1.54) is 8.61 Å². The van der Waals surface area contributed by atoms with Crippen LogP contribution in [0.1, 0.15) is 19.7 Å². The van der Waals surface area contributed by atoms with Crippen LogP contribution in [-0.2, 0) is 32.0 Å². The molecular formula is C21H31N5O4S2. The molecule has 2 unspecified atom stereocenters. The molecule has 1 amide bonds. The number of benzene rings is 1. The summed E-state index contributed by atoms with van der Waals surface area (Å²) >= 11 is 1.67. The van der Waals surface area contributed by atoms with E-state index in [0.717, 1.165) is 22.6 Å². The zero-order valence-electron chi connectivity index (χ0n) is 18.8. The molecule has 2 atom stereocenters. The molecule has 0 aliphatic carbocycles. The molecule has 2 aliphatic heterocycles. The van der Waals surface area contributed by atoms with Crippen molar-refractivity contribution in [3.05, 3.63) is 30.1 Å². The molecule has 1 aromatic carbocycles. The van der Waals surface area contributed by atoms with E-state index >= 15 is 0 Å². The fourth-order valence-electron chi connectivity index (χ4n) is 4.43. The highest BCUT2D eigenvalue weighted by Crippen LogP contribution is 2.21. The molecule has 0 N–H and O–H groups in total. The van der Waals surface area contributed by atoms with Crippen LogP contribution < -0.4 is 0 Å². The van der Waals surface area contributed by atoms with Gasteiger partial charge in [-0.2, -0.15) is 28.8 Å². The second-order valence-electron chi connectivity index (χ2n) is 8.40. The lowest BCUT2D eigenvalue weighted by Crippen LogP contribution is -2.57. The number of aromatic nitrogens is 2. The number of ether oxygens (including phenoxy) is 1. The van der Waals surface area contributed by atoms with E-state index in [1.54, 1.807) is 16.7 Å². The number of nitrogens with zero attached hydrogens (tertiary/aromatic N) is 5. The van der Waals surface area contributed by atoms with Crippen LogP contribution in [0.2, 0.25) is 0 Å². The van der Waals surface area contributed by atoms with Gasteiger partial charge in [-0.1, -0.05) is 12.1 Å². The topological polar surface area (TPSA) is 88.0 Å². The highest BCUT2D eigenvalue weighted by atomic mass is 32.2. The van der Waals surface area contributed by atoms with Gasteiger partial charge >= 0.3 is 0 Å². The molecule has 0 bridgehead atoms. The van der Waals surface area contributed by atoms with Gasteiger partial charge in [-0.15, -0.1) is 0 Å². The Hall–Kier alpha value is -1.66. The summed E-state index contributed by atoms with van der Waals surface area (Å²) in [7, 11) is -3.56. The Morgan fingerprint density at radius 1 is 1.09 bits per heavy atom. The molecule has 2 saturated heterocycles. The number of fused-ring (bicyclic) bond motifs is 1. The average molecular weight is 482 g/mol. The molecule has 2 aromatic rings. The van der Waals surface area contributed by atoms with Crippen molar-refractivity contribution in [3.8, 4) is 0 Å². The number of para-hydroxylation sites is 2. The van der Waals surface area contributed by atoms with Crippen molar-refractivity contribution >= 4 is 38.9 Å². The number of piperazine rings is 1. The number of hydrogen-bond donors (Lipinski definition) is 0. The van der Waals surface area contributed by atoms with E-state index in [2.05, 4.69) is 4.98 Å². The van der Waals surface area contributed by atoms with E-state index in [-0.39, 0.29) is 24.7 Å². The number of imidazole rings is 1. The molecule has 2 fully saturated rings. The van der Waals surface area contributed by atoms with E-state index in [4.69, 9.17) is 4.74 Å². The van der Waals surface area contributed by atoms with E-state index in [9.17, 15) is 13.2 Å². The van der Waals surface area contributed by atoms with Gasteiger partial charge in [0.15, 0.2) is 0 Å². The number of carbonyl (C=O) groups excluding carboxylic acids is 1. The predicted molar refractivity (Wildman–Crippen MR) is 126 cm³/mol. The number of rotatable bonds is 6. The first-order valence-electron chi connectivity index (χ1n) is 10.9. The Bertz CT molecular complexity index is 1060. The van der Waals surface area contributed by atoms with Crippen LogP contribution in [0.5, 0.6) is 0 Å². The number of morpholine rings is 1. The molecule has 0 saturated carbocycles. The summed E-state index contributed by atoms with van der Waals surface area (Å²) in [6.07, 6.45) is 1.76. The average Bonchev–Trinajstić information content (AvgIpc) is 3.10. The minimum Gasteiger partial charge on any atom is -0.373 e. The highest BCUT2D eigenvalue weighted by molar-refractivity contribution is 7.97. The summed E-state index contributed by atoms with van der Waals surface area (Å²) in [6.45, 7) is 6.08. The van der Waals surface area contributed by atoms with Crippen LogP contribution in [0.25, 0.3) is 11.0 Å². The third-order valence-electron chi connectivity index (χ3n) is 5.93. The zero-order chi connectivity index (χ0) is 22.9. The molecule has 0 radical (unpaired) electrons. The molecule has 9 nitrogen and oxygen atoms in total. The van der Waals surface area contributed by atoms with Gasteiger partial charge in [0.05, 0.1) is 29.0 Å². The lowest BCUT2D eigenvalue weighted by molar-refractivity contribution is -0.133. The Labute approximate surface area is 193 Å². The maximum atomic E-state index is 13.1. The fraction of sp³-hybridized carbons (Fsp3) is 0.619. The van der Waals surface area contributed by atoms with Crippen LogP contribution in [0.15, 0.2) is 24.3 Å². The molecular weight excluding hydrogens is 450 g/mol. The maximum Gasteiger partial charge on any atom is 0.282 e. The van der Waals surface area contributed by atoms with Gasteiger partial charge in [-0.25, -0.2) is 4.98 Å². The van der Waals surface area contributed by atoms with Crippen molar-refractivity contribution in [2.24, 2.45) is 0 Å². The van der Waals surface area contributed by atoms with Crippen molar-refractivity contribution in [1.82, 2.24) is 23.1 Å². The second kappa shape index (κ2) is 9.68. The monoisotopic (exact) mass is 481 g/mol. The molecule has 3 heterocycles. The van der Waals surface area contributed by atoms with E-state index < -0.39 is 10.2 Å². The van der Waals surface area contributed by atoms with Gasteiger partial charge in [-0.05, 0) is 32.2 Å². The van der Waals surface area contributed by atoms with Gasteiger partial charge < -0.3 is 14.2 Å². The van der Waals surface area contributed by atoms with Crippen LogP contribution >= 0.6 is 11.8 Å². The highest BCUT2D eigenvalue weighted by Gasteiger charge is 2.37. The number of amides is 1. The van der Waals surface area contributed by atoms with Gasteiger partial charge in [0, 0.05) is 39.3 Å². The minimum atomic E-state index is -3.56. The largest absolute Gasteiger partial charge is 0.373 e. The molecule has 0 spiro atoms. The quantitative estimate of drug-likeness (QED) is 0.620. The molecule has 176 valence electrons. The summed E-state index contributed by atoms with van der Waals surface area (Å²) in [5.74, 6) is 1.59. The second-order valence-corrected chi connectivity index (χ2v) is 11.2. The standard InChI is InChI=1S/C21H31N5O4S2/c1-16-12-25(13-17(2)30-16)32(28,29)24-10-8-23(9-11-24)21(27)14-26-19-7-5-4-6-18(19)22-20(26)15-31-3/h4-7,16-17H,8-15H2,1-3H3. The third kappa shape index (κ3) is 4.81. The minimum absolute atomic E-state index is 0.0128. The van der Waals surface area contributed by atoms with Gasteiger partial charge in [0.2, 0.25) is 5.91 Å². The Morgan fingerprint density at radius 2 is 1.75 bits per heavy atom. The Morgan fingerprint density at radius 3 is 2.41 bits per heavy atom. The van der Waals surface area contributed by atoms with Crippen molar-refractivity contribution in [1.29, 1.82) is 0 Å². The smallest absolute Gasteiger partial charge is 0.282 e. The molecule has 1 aromatic heterocycles. The predicted octanol–water partition coefficient (Wildman–Crippen LogP) is 1.40. The SMILES string of the molecule is CSCc1nc2ccccc2n1CC(=O)N1CCN(S(=O)(=O)N2CC(C)OC(C)C2)CC1. The molecule has 11 heteroatoms. The van der Waals surface area contributed by atoms with E-state index in [1.807, 2.05) is 48.9 Å². The van der Waals surface area contributed by atoms with E-state index in [0.29, 0.717) is 39.3 Å². The first-order valence-corrected chi connectivity index (χ1v) is 13.7. The number of hydrogen-bond acceptors (Lipinski definition) is 6. The van der Waals surface area contributed by atoms with Gasteiger partial charge in [-0.3, -0.25) is 4.79 Å². The molecule has 2 aliphatic rings. The van der Waals surface area contributed by atoms with Crippen molar-refractivity contribution < 1.29 is 17.9 Å².